The van der Waals surface area contributed by atoms with Crippen LogP contribution in [-0.2, 0) is 10.5 Å². The van der Waals surface area contributed by atoms with Crippen molar-refractivity contribution >= 4 is 23.2 Å². The molecule has 1 aromatic rings. The Balaban J connectivity index is 2.66. The molecule has 0 fully saturated rings. The van der Waals surface area contributed by atoms with Gasteiger partial charge in [-0.3, -0.25) is 14.9 Å². The van der Waals surface area contributed by atoms with Crippen molar-refractivity contribution in [2.24, 2.45) is 5.92 Å². The van der Waals surface area contributed by atoms with Gasteiger partial charge in [-0.25, -0.2) is 0 Å². The van der Waals surface area contributed by atoms with Crippen molar-refractivity contribution in [2.45, 2.75) is 45.5 Å². The third-order valence-electron chi connectivity index (χ3n) is 3.18. The molecule has 22 heavy (non-hydrogen) atoms. The molecule has 0 aliphatic heterocycles. The Morgan fingerprint density at radius 3 is 2.45 bits per heavy atom. The lowest BCUT2D eigenvalue weighted by atomic mass is 10.0. The van der Waals surface area contributed by atoms with Crippen LogP contribution in [0.1, 0.15) is 33.3 Å². The van der Waals surface area contributed by atoms with Gasteiger partial charge in [0.25, 0.3) is 5.69 Å². The molecule has 0 aliphatic carbocycles. The Hall–Kier alpha value is -1.40. The number of nitro groups is 1. The number of nitrogens with zero attached hydrogens (tertiary/aromatic N) is 1. The van der Waals surface area contributed by atoms with Crippen LogP contribution >= 0.6 is 11.8 Å². The van der Waals surface area contributed by atoms with E-state index in [0.29, 0.717) is 17.1 Å². The lowest BCUT2D eigenvalue weighted by molar-refractivity contribution is -0.385. The average molecular weight is 324 g/mol. The molecule has 122 valence electrons. The second-order valence-corrected chi connectivity index (χ2v) is 6.86. The molecule has 1 atom stereocenters. The lowest BCUT2D eigenvalue weighted by Crippen LogP contribution is -2.44. The normalized spacial score (nSPS) is 12.6. The van der Waals surface area contributed by atoms with Crippen molar-refractivity contribution in [1.82, 2.24) is 5.32 Å². The molecule has 0 heterocycles. The summed E-state index contributed by atoms with van der Waals surface area (Å²) in [7, 11) is 0. The molecule has 0 aromatic heterocycles. The van der Waals surface area contributed by atoms with Crippen molar-refractivity contribution in [2.75, 3.05) is 5.75 Å². The zero-order valence-electron chi connectivity index (χ0n) is 13.5. The van der Waals surface area contributed by atoms with Gasteiger partial charge < -0.3 is 5.32 Å². The topological polar surface area (TPSA) is 72.2 Å². The first-order chi connectivity index (χ1) is 10.3. The van der Waals surface area contributed by atoms with Gasteiger partial charge in [-0.05, 0) is 0 Å². The van der Waals surface area contributed by atoms with E-state index in [1.54, 1.807) is 30.0 Å². The monoisotopic (exact) mass is 324 g/mol. The fraction of sp³-hybridized carbons (Fsp3) is 0.562. The zero-order chi connectivity index (χ0) is 16.7. The van der Waals surface area contributed by atoms with Crippen LogP contribution in [0.3, 0.4) is 0 Å². The molecule has 1 rings (SSSR count). The molecule has 0 amide bonds. The Bertz CT molecular complexity index is 518. The Labute approximate surface area is 136 Å². The van der Waals surface area contributed by atoms with Gasteiger partial charge in [0.05, 0.1) is 11.0 Å². The number of nitrogens with one attached hydrogen (secondary N) is 1. The molecule has 0 saturated carbocycles. The Kier molecular flexibility index (Phi) is 7.55. The lowest BCUT2D eigenvalue weighted by Gasteiger charge is -2.21. The van der Waals surface area contributed by atoms with Gasteiger partial charge in [0.1, 0.15) is 0 Å². The van der Waals surface area contributed by atoms with Crippen LogP contribution in [0.5, 0.6) is 0 Å². The predicted octanol–water partition coefficient (Wildman–Crippen LogP) is 3.42. The van der Waals surface area contributed by atoms with Crippen molar-refractivity contribution in [3.05, 3.63) is 39.9 Å². The number of hydrogen-bond acceptors (Lipinski definition) is 5. The maximum atomic E-state index is 12.2. The summed E-state index contributed by atoms with van der Waals surface area (Å²) in [4.78, 5) is 22.8. The van der Waals surface area contributed by atoms with E-state index in [0.717, 1.165) is 0 Å². The maximum absolute atomic E-state index is 12.2. The molecule has 1 aromatic carbocycles. The summed E-state index contributed by atoms with van der Waals surface area (Å²) in [5.74, 6) is 1.30. The molecule has 0 aliphatic rings. The van der Waals surface area contributed by atoms with E-state index in [1.807, 2.05) is 27.7 Å². The number of Topliss-reactive ketones (excluding diaryl/α,β-unsaturated/α-hetero) is 1. The summed E-state index contributed by atoms with van der Waals surface area (Å²) in [5, 5.41) is 14.3. The number of para-hydroxylation sites is 1. The van der Waals surface area contributed by atoms with Crippen molar-refractivity contribution in [3.63, 3.8) is 0 Å². The van der Waals surface area contributed by atoms with E-state index >= 15 is 0 Å². The van der Waals surface area contributed by atoms with Crippen LogP contribution in [0.2, 0.25) is 0 Å². The first kappa shape index (κ1) is 18.6. The Morgan fingerprint density at radius 1 is 1.27 bits per heavy atom. The number of thioether (sulfide) groups is 1. The Morgan fingerprint density at radius 2 is 1.91 bits per heavy atom. The van der Waals surface area contributed by atoms with Gasteiger partial charge >= 0.3 is 0 Å². The van der Waals surface area contributed by atoms with E-state index in [-0.39, 0.29) is 34.4 Å². The first-order valence-electron chi connectivity index (χ1n) is 7.42. The van der Waals surface area contributed by atoms with Crippen LogP contribution in [0.15, 0.2) is 24.3 Å². The minimum atomic E-state index is -0.362. The second kappa shape index (κ2) is 8.90. The highest BCUT2D eigenvalue weighted by atomic mass is 32.2. The SMILES string of the molecule is CC(C)N[C@@H](CSCc1ccccc1[N+](=O)[O-])C(=O)C(C)C. The zero-order valence-corrected chi connectivity index (χ0v) is 14.4. The molecule has 0 spiro atoms. The van der Waals surface area contributed by atoms with Gasteiger partial charge in [-0.2, -0.15) is 11.8 Å². The average Bonchev–Trinajstić information content (AvgIpc) is 2.45. The van der Waals surface area contributed by atoms with Crippen LogP contribution in [0.25, 0.3) is 0 Å². The van der Waals surface area contributed by atoms with Crippen molar-refractivity contribution < 1.29 is 9.72 Å². The van der Waals surface area contributed by atoms with E-state index in [1.165, 1.54) is 6.07 Å². The fourth-order valence-electron chi connectivity index (χ4n) is 2.11. The number of carbonyl (C=O) groups is 1. The van der Waals surface area contributed by atoms with E-state index in [2.05, 4.69) is 5.32 Å². The van der Waals surface area contributed by atoms with E-state index in [9.17, 15) is 14.9 Å². The molecule has 5 nitrogen and oxygen atoms in total. The van der Waals surface area contributed by atoms with Crippen LogP contribution in [0.4, 0.5) is 5.69 Å². The highest BCUT2D eigenvalue weighted by Crippen LogP contribution is 2.23. The molecule has 0 radical (unpaired) electrons. The fourth-order valence-corrected chi connectivity index (χ4v) is 3.19. The molecule has 0 saturated heterocycles. The van der Waals surface area contributed by atoms with Gasteiger partial charge in [-0.15, -0.1) is 0 Å². The number of benzene rings is 1. The summed E-state index contributed by atoms with van der Waals surface area (Å²) < 4.78 is 0. The van der Waals surface area contributed by atoms with E-state index in [4.69, 9.17) is 0 Å². The molecule has 0 bridgehead atoms. The summed E-state index contributed by atoms with van der Waals surface area (Å²) in [6.07, 6.45) is 0. The van der Waals surface area contributed by atoms with Crippen LogP contribution in [-0.4, -0.2) is 28.5 Å². The summed E-state index contributed by atoms with van der Waals surface area (Å²) in [6, 6.07) is 6.75. The number of hydrogen-bond donors (Lipinski definition) is 1. The smallest absolute Gasteiger partial charge is 0.273 e. The largest absolute Gasteiger partial charge is 0.305 e. The first-order valence-corrected chi connectivity index (χ1v) is 8.58. The number of nitro benzene ring substituents is 1. The molecular formula is C16H24N2O3S. The number of ketones is 1. The van der Waals surface area contributed by atoms with E-state index < -0.39 is 0 Å². The summed E-state index contributed by atoms with van der Waals surface area (Å²) in [5.41, 5.74) is 0.830. The minimum Gasteiger partial charge on any atom is -0.305 e. The molecule has 0 unspecified atom stereocenters. The van der Waals surface area contributed by atoms with Crippen molar-refractivity contribution in [1.29, 1.82) is 0 Å². The molecule has 6 heteroatoms. The van der Waals surface area contributed by atoms with Gasteiger partial charge in [0.15, 0.2) is 5.78 Å². The maximum Gasteiger partial charge on any atom is 0.273 e. The third kappa shape index (κ3) is 5.77. The number of carbonyl (C=O) groups excluding carboxylic acids is 1. The predicted molar refractivity (Wildman–Crippen MR) is 91.2 cm³/mol. The summed E-state index contributed by atoms with van der Waals surface area (Å²) >= 11 is 1.55. The molecular weight excluding hydrogens is 300 g/mol. The van der Waals surface area contributed by atoms with Gasteiger partial charge in [-0.1, -0.05) is 45.9 Å². The van der Waals surface area contributed by atoms with Crippen LogP contribution < -0.4 is 5.32 Å². The van der Waals surface area contributed by atoms with Gasteiger partial charge in [0.2, 0.25) is 0 Å². The highest BCUT2D eigenvalue weighted by molar-refractivity contribution is 7.98. The van der Waals surface area contributed by atoms with Gasteiger partial charge in [0, 0.05) is 35.1 Å². The van der Waals surface area contributed by atoms with Crippen LogP contribution in [0, 0.1) is 16.0 Å². The third-order valence-corrected chi connectivity index (χ3v) is 4.26. The quantitative estimate of drug-likeness (QED) is 0.556. The molecule has 1 N–H and O–H groups in total. The summed E-state index contributed by atoms with van der Waals surface area (Å²) in [6.45, 7) is 7.80. The standard InChI is InChI=1S/C16H24N2O3S/c1-11(2)16(19)14(17-12(3)4)10-22-9-13-7-5-6-8-15(13)18(20)21/h5-8,11-12,14,17H,9-10H2,1-4H3/t14-/m0/s1. The number of rotatable bonds is 9. The highest BCUT2D eigenvalue weighted by Gasteiger charge is 2.22. The minimum absolute atomic E-state index is 0.0251. The second-order valence-electron chi connectivity index (χ2n) is 5.83. The van der Waals surface area contributed by atoms with Crippen molar-refractivity contribution in [3.8, 4) is 0 Å².